The molecule has 0 aliphatic carbocycles. The Morgan fingerprint density at radius 3 is 2.55 bits per heavy atom. The van der Waals surface area contributed by atoms with E-state index in [-0.39, 0.29) is 16.5 Å². The molecule has 33 heavy (non-hydrogen) atoms. The normalized spacial score (nSPS) is 11.5. The predicted octanol–water partition coefficient (Wildman–Crippen LogP) is 4.75. The number of pyridine rings is 1. The van der Waals surface area contributed by atoms with Gasteiger partial charge in [0.05, 0.1) is 19.4 Å². The Hall–Kier alpha value is -3.67. The summed E-state index contributed by atoms with van der Waals surface area (Å²) in [5, 5.41) is 4.00. The first-order valence-corrected chi connectivity index (χ1v) is 11.1. The summed E-state index contributed by atoms with van der Waals surface area (Å²) >= 11 is 0. The van der Waals surface area contributed by atoms with Crippen molar-refractivity contribution in [1.29, 1.82) is 0 Å². The van der Waals surface area contributed by atoms with Crippen molar-refractivity contribution >= 4 is 12.1 Å². The quantitative estimate of drug-likeness (QED) is 0.402. The van der Waals surface area contributed by atoms with E-state index in [4.69, 9.17) is 4.74 Å². The molecule has 172 valence electrons. The Balaban J connectivity index is 1.68. The molecule has 3 aromatic rings. The highest BCUT2D eigenvalue weighted by atomic mass is 16.5. The number of hydrazone groups is 1. The maximum absolute atomic E-state index is 12.9. The highest BCUT2D eigenvalue weighted by Gasteiger charge is 2.14. The van der Waals surface area contributed by atoms with Gasteiger partial charge in [0.2, 0.25) is 0 Å². The second-order valence-corrected chi connectivity index (χ2v) is 8.92. The molecule has 0 atom stereocenters. The number of carbonyl (C=O) groups excluding carboxylic acids is 1. The fourth-order valence-corrected chi connectivity index (χ4v) is 3.27. The minimum atomic E-state index is -0.549. The van der Waals surface area contributed by atoms with Crippen LogP contribution >= 0.6 is 0 Å². The Bertz CT molecular complexity index is 1170. The maximum Gasteiger partial charge on any atom is 0.276 e. The Labute approximate surface area is 194 Å². The predicted molar refractivity (Wildman–Crippen MR) is 132 cm³/mol. The molecule has 0 aliphatic heterocycles. The smallest absolute Gasteiger partial charge is 0.276 e. The summed E-state index contributed by atoms with van der Waals surface area (Å²) in [5.41, 5.74) is 5.20. The van der Waals surface area contributed by atoms with Gasteiger partial charge in [-0.3, -0.25) is 9.59 Å². The van der Waals surface area contributed by atoms with E-state index >= 15 is 0 Å². The largest absolute Gasteiger partial charge is 0.494 e. The lowest BCUT2D eigenvalue weighted by molar-refractivity contribution is 0.0953. The molecule has 0 fully saturated rings. The molecule has 0 bridgehead atoms. The van der Waals surface area contributed by atoms with Crippen LogP contribution < -0.4 is 15.7 Å². The van der Waals surface area contributed by atoms with E-state index < -0.39 is 5.91 Å². The zero-order chi connectivity index (χ0) is 23.8. The van der Waals surface area contributed by atoms with E-state index in [1.54, 1.807) is 12.3 Å². The molecule has 1 heterocycles. The summed E-state index contributed by atoms with van der Waals surface area (Å²) in [7, 11) is 0. The zero-order valence-electron chi connectivity index (χ0n) is 19.7. The fourth-order valence-electron chi connectivity index (χ4n) is 3.27. The van der Waals surface area contributed by atoms with Crippen LogP contribution in [0.1, 0.15) is 61.2 Å². The van der Waals surface area contributed by atoms with E-state index in [1.165, 1.54) is 22.4 Å². The molecule has 0 saturated heterocycles. The molecule has 2 aromatic carbocycles. The molecule has 0 radical (unpaired) electrons. The van der Waals surface area contributed by atoms with Crippen molar-refractivity contribution in [1.82, 2.24) is 9.99 Å². The van der Waals surface area contributed by atoms with Crippen molar-refractivity contribution in [3.05, 3.63) is 99.5 Å². The number of rotatable bonds is 8. The lowest BCUT2D eigenvalue weighted by Crippen LogP contribution is -2.30. The maximum atomic E-state index is 12.9. The van der Waals surface area contributed by atoms with Crippen molar-refractivity contribution < 1.29 is 9.53 Å². The topological polar surface area (TPSA) is 72.7 Å². The first kappa shape index (κ1) is 24.0. The number of carbonyl (C=O) groups is 1. The number of benzene rings is 2. The van der Waals surface area contributed by atoms with Gasteiger partial charge < -0.3 is 9.30 Å². The van der Waals surface area contributed by atoms with E-state index in [0.29, 0.717) is 13.2 Å². The second kappa shape index (κ2) is 10.8. The molecule has 1 aromatic heterocycles. The molecule has 0 spiro atoms. The van der Waals surface area contributed by atoms with Crippen LogP contribution in [0, 0.1) is 0 Å². The standard InChI is InChI=1S/C27H31N3O3/c1-5-16-33-23-9-6-8-21(17-23)18-28-29-25(31)24-10-7-15-30(26(24)32)19-20-11-13-22(14-12-20)27(2,3)4/h6-15,17-18H,5,16,19H2,1-4H3,(H,29,31)/b28-18-. The van der Waals surface area contributed by atoms with Crippen molar-refractivity contribution in [2.45, 2.75) is 46.1 Å². The fraction of sp³-hybridized carbons (Fsp3) is 0.296. The molecule has 3 rings (SSSR count). The third kappa shape index (κ3) is 6.65. The molecule has 1 amide bonds. The van der Waals surface area contributed by atoms with Gasteiger partial charge in [0.15, 0.2) is 0 Å². The average Bonchev–Trinajstić information content (AvgIpc) is 2.79. The van der Waals surface area contributed by atoms with Gasteiger partial charge in [0, 0.05) is 6.20 Å². The minimum absolute atomic E-state index is 0.0426. The second-order valence-electron chi connectivity index (χ2n) is 8.92. The third-order valence-electron chi connectivity index (χ3n) is 5.15. The van der Waals surface area contributed by atoms with Crippen molar-refractivity contribution in [3.8, 4) is 5.75 Å². The number of ether oxygens (including phenoxy) is 1. The van der Waals surface area contributed by atoms with Crippen molar-refractivity contribution in [2.75, 3.05) is 6.61 Å². The monoisotopic (exact) mass is 445 g/mol. The summed E-state index contributed by atoms with van der Waals surface area (Å²) in [4.78, 5) is 25.4. The number of aromatic nitrogens is 1. The van der Waals surface area contributed by atoms with Gasteiger partial charge in [-0.15, -0.1) is 0 Å². The van der Waals surface area contributed by atoms with Crippen LogP contribution in [-0.2, 0) is 12.0 Å². The van der Waals surface area contributed by atoms with E-state index in [1.807, 2.05) is 43.3 Å². The van der Waals surface area contributed by atoms with Crippen LogP contribution in [-0.4, -0.2) is 23.3 Å². The van der Waals surface area contributed by atoms with Crippen LogP contribution in [0.2, 0.25) is 0 Å². The lowest BCUT2D eigenvalue weighted by atomic mass is 9.87. The van der Waals surface area contributed by atoms with Gasteiger partial charge in [-0.1, -0.05) is 64.1 Å². The van der Waals surface area contributed by atoms with Gasteiger partial charge in [-0.25, -0.2) is 5.43 Å². The van der Waals surface area contributed by atoms with Crippen molar-refractivity contribution in [2.24, 2.45) is 5.10 Å². The zero-order valence-corrected chi connectivity index (χ0v) is 19.7. The number of hydrogen-bond acceptors (Lipinski definition) is 4. The molecule has 1 N–H and O–H groups in total. The Morgan fingerprint density at radius 1 is 1.09 bits per heavy atom. The Morgan fingerprint density at radius 2 is 1.85 bits per heavy atom. The number of hydrogen-bond donors (Lipinski definition) is 1. The number of nitrogens with one attached hydrogen (secondary N) is 1. The minimum Gasteiger partial charge on any atom is -0.494 e. The van der Waals surface area contributed by atoms with Gasteiger partial charge >= 0.3 is 0 Å². The highest BCUT2D eigenvalue weighted by Crippen LogP contribution is 2.22. The third-order valence-corrected chi connectivity index (χ3v) is 5.15. The first-order valence-electron chi connectivity index (χ1n) is 11.1. The van der Waals surface area contributed by atoms with Crippen molar-refractivity contribution in [3.63, 3.8) is 0 Å². The summed E-state index contributed by atoms with van der Waals surface area (Å²) in [6.07, 6.45) is 4.13. The lowest BCUT2D eigenvalue weighted by Gasteiger charge is -2.19. The highest BCUT2D eigenvalue weighted by molar-refractivity contribution is 5.94. The van der Waals surface area contributed by atoms with Crippen LogP contribution in [0.4, 0.5) is 0 Å². The molecule has 0 aliphatic rings. The first-order chi connectivity index (χ1) is 15.8. The van der Waals surface area contributed by atoms with E-state index in [2.05, 4.69) is 43.4 Å². The van der Waals surface area contributed by atoms with Gasteiger partial charge in [0.25, 0.3) is 11.5 Å². The van der Waals surface area contributed by atoms with Crippen LogP contribution in [0.25, 0.3) is 0 Å². The summed E-state index contributed by atoms with van der Waals surface area (Å²) in [6, 6.07) is 18.8. The van der Waals surface area contributed by atoms with Gasteiger partial charge in [-0.05, 0) is 52.8 Å². The Kier molecular flexibility index (Phi) is 7.83. The molecule has 6 nitrogen and oxygen atoms in total. The summed E-state index contributed by atoms with van der Waals surface area (Å²) < 4.78 is 7.13. The summed E-state index contributed by atoms with van der Waals surface area (Å²) in [5.74, 6) is 0.195. The average molecular weight is 446 g/mol. The SMILES string of the molecule is CCCOc1cccc(/C=N\NC(=O)c2cccn(Cc3ccc(C(C)(C)C)cc3)c2=O)c1. The van der Waals surface area contributed by atoms with Crippen LogP contribution in [0.5, 0.6) is 5.75 Å². The molecule has 0 unspecified atom stereocenters. The molecular weight excluding hydrogens is 414 g/mol. The van der Waals surface area contributed by atoms with Crippen LogP contribution in [0.15, 0.2) is 76.8 Å². The molecular formula is C27H31N3O3. The van der Waals surface area contributed by atoms with Gasteiger partial charge in [0.1, 0.15) is 11.3 Å². The van der Waals surface area contributed by atoms with E-state index in [0.717, 1.165) is 23.3 Å². The van der Waals surface area contributed by atoms with Gasteiger partial charge in [-0.2, -0.15) is 5.10 Å². The number of amides is 1. The molecule has 6 heteroatoms. The number of nitrogens with zero attached hydrogens (tertiary/aromatic N) is 2. The van der Waals surface area contributed by atoms with E-state index in [9.17, 15) is 9.59 Å². The van der Waals surface area contributed by atoms with Crippen LogP contribution in [0.3, 0.4) is 0 Å². The summed E-state index contributed by atoms with van der Waals surface area (Å²) in [6.45, 7) is 9.55. The molecule has 0 saturated carbocycles.